The molecular formula is C18H17ClN2O2. The highest BCUT2D eigenvalue weighted by Crippen LogP contribution is 2.22. The van der Waals surface area contributed by atoms with E-state index in [-0.39, 0.29) is 5.91 Å². The lowest BCUT2D eigenvalue weighted by Crippen LogP contribution is -2.10. The van der Waals surface area contributed by atoms with Gasteiger partial charge in [0.1, 0.15) is 5.52 Å². The van der Waals surface area contributed by atoms with Gasteiger partial charge < -0.3 is 9.73 Å². The molecule has 0 radical (unpaired) electrons. The number of anilines is 1. The predicted molar refractivity (Wildman–Crippen MR) is 91.8 cm³/mol. The second-order valence-corrected chi connectivity index (χ2v) is 5.83. The van der Waals surface area contributed by atoms with Crippen LogP contribution in [0.1, 0.15) is 31.2 Å². The number of aromatic nitrogens is 1. The number of amides is 1. The number of fused-ring (bicyclic) bond motifs is 1. The van der Waals surface area contributed by atoms with E-state index in [1.54, 1.807) is 12.1 Å². The summed E-state index contributed by atoms with van der Waals surface area (Å²) in [6.07, 6.45) is 1.97. The Bertz CT molecular complexity index is 825. The Morgan fingerprint density at radius 3 is 2.74 bits per heavy atom. The maximum atomic E-state index is 11.6. The summed E-state index contributed by atoms with van der Waals surface area (Å²) in [4.78, 5) is 16.0. The summed E-state index contributed by atoms with van der Waals surface area (Å²) in [5.41, 5.74) is 3.36. The zero-order valence-corrected chi connectivity index (χ0v) is 13.6. The highest BCUT2D eigenvalue weighted by molar-refractivity contribution is 6.31. The van der Waals surface area contributed by atoms with Crippen LogP contribution in [0.5, 0.6) is 0 Å². The molecule has 0 aliphatic carbocycles. The number of benzene rings is 2. The van der Waals surface area contributed by atoms with E-state index in [1.165, 1.54) is 0 Å². The van der Waals surface area contributed by atoms with Crippen molar-refractivity contribution in [3.8, 4) is 0 Å². The van der Waals surface area contributed by atoms with E-state index < -0.39 is 0 Å². The van der Waals surface area contributed by atoms with E-state index in [9.17, 15) is 4.79 Å². The molecule has 0 fully saturated rings. The molecule has 0 atom stereocenters. The maximum Gasteiger partial charge on any atom is 0.224 e. The van der Waals surface area contributed by atoms with Crippen LogP contribution in [0.3, 0.4) is 0 Å². The summed E-state index contributed by atoms with van der Waals surface area (Å²) in [5.74, 6) is 0.682. The van der Waals surface area contributed by atoms with E-state index in [0.717, 1.165) is 28.8 Å². The van der Waals surface area contributed by atoms with E-state index in [0.29, 0.717) is 23.8 Å². The van der Waals surface area contributed by atoms with Gasteiger partial charge in [-0.25, -0.2) is 4.98 Å². The van der Waals surface area contributed by atoms with Gasteiger partial charge in [-0.3, -0.25) is 4.79 Å². The number of carbonyl (C=O) groups excluding carboxylic acids is 1. The van der Waals surface area contributed by atoms with Gasteiger partial charge in [0.05, 0.1) is 0 Å². The molecule has 23 heavy (non-hydrogen) atoms. The second-order valence-electron chi connectivity index (χ2n) is 5.39. The average Bonchev–Trinajstić information content (AvgIpc) is 2.91. The Kier molecular flexibility index (Phi) is 4.63. The third-order valence-corrected chi connectivity index (χ3v) is 3.70. The van der Waals surface area contributed by atoms with Crippen molar-refractivity contribution in [3.63, 3.8) is 0 Å². The molecule has 1 amide bonds. The van der Waals surface area contributed by atoms with Gasteiger partial charge in [-0.15, -0.1) is 0 Å². The Morgan fingerprint density at radius 1 is 1.22 bits per heavy atom. The lowest BCUT2D eigenvalue weighted by molar-refractivity contribution is -0.116. The minimum Gasteiger partial charge on any atom is -0.440 e. The van der Waals surface area contributed by atoms with Crippen LogP contribution in [0.25, 0.3) is 11.1 Å². The van der Waals surface area contributed by atoms with Gasteiger partial charge in [0, 0.05) is 23.6 Å². The first-order valence-electron chi connectivity index (χ1n) is 7.58. The molecule has 3 aromatic rings. The normalized spacial score (nSPS) is 10.9. The first-order valence-corrected chi connectivity index (χ1v) is 7.95. The lowest BCUT2D eigenvalue weighted by atomic mass is 10.1. The van der Waals surface area contributed by atoms with Crippen LogP contribution in [0.2, 0.25) is 5.02 Å². The molecule has 0 saturated heterocycles. The number of rotatable bonds is 5. The summed E-state index contributed by atoms with van der Waals surface area (Å²) < 4.78 is 5.71. The van der Waals surface area contributed by atoms with Gasteiger partial charge in [-0.05, 0) is 42.3 Å². The second kappa shape index (κ2) is 6.84. The Labute approximate surface area is 139 Å². The lowest BCUT2D eigenvalue weighted by Gasteiger charge is -2.05. The molecule has 0 spiro atoms. The van der Waals surface area contributed by atoms with Gasteiger partial charge >= 0.3 is 0 Å². The smallest absolute Gasteiger partial charge is 0.224 e. The Hall–Kier alpha value is -2.33. The molecule has 1 aromatic heterocycles. The molecular weight excluding hydrogens is 312 g/mol. The molecule has 0 aliphatic heterocycles. The SMILES string of the molecule is CCCC(=O)Nc1ccc(Cc2nc3cc(Cl)ccc3o2)cc1. The third-order valence-electron chi connectivity index (χ3n) is 3.46. The molecule has 3 rings (SSSR count). The summed E-state index contributed by atoms with van der Waals surface area (Å²) in [7, 11) is 0. The van der Waals surface area contributed by atoms with Crippen molar-refractivity contribution in [1.82, 2.24) is 4.98 Å². The molecule has 0 unspecified atom stereocenters. The van der Waals surface area contributed by atoms with Crippen LogP contribution >= 0.6 is 11.6 Å². The van der Waals surface area contributed by atoms with Crippen LogP contribution < -0.4 is 5.32 Å². The van der Waals surface area contributed by atoms with Gasteiger partial charge in [0.15, 0.2) is 11.5 Å². The molecule has 0 aliphatic rings. The Balaban J connectivity index is 1.70. The van der Waals surface area contributed by atoms with Crippen molar-refractivity contribution >= 4 is 34.3 Å². The van der Waals surface area contributed by atoms with Gasteiger partial charge in [0.2, 0.25) is 5.91 Å². The van der Waals surface area contributed by atoms with Crippen molar-refractivity contribution in [2.75, 3.05) is 5.32 Å². The predicted octanol–water partition coefficient (Wildman–Crippen LogP) is 4.81. The van der Waals surface area contributed by atoms with Crippen LogP contribution in [-0.4, -0.2) is 10.9 Å². The molecule has 5 heteroatoms. The van der Waals surface area contributed by atoms with Gasteiger partial charge in [-0.2, -0.15) is 0 Å². The Morgan fingerprint density at radius 2 is 2.00 bits per heavy atom. The van der Waals surface area contributed by atoms with Gasteiger partial charge in [-0.1, -0.05) is 30.7 Å². The summed E-state index contributed by atoms with van der Waals surface area (Å²) in [5, 5.41) is 3.51. The molecule has 0 saturated carbocycles. The molecule has 118 valence electrons. The molecule has 1 N–H and O–H groups in total. The van der Waals surface area contributed by atoms with Crippen molar-refractivity contribution in [2.45, 2.75) is 26.2 Å². The molecule has 1 heterocycles. The van der Waals surface area contributed by atoms with Crippen molar-refractivity contribution in [3.05, 3.63) is 58.9 Å². The maximum absolute atomic E-state index is 11.6. The number of hydrogen-bond donors (Lipinski definition) is 1. The standard InChI is InChI=1S/C18H17ClN2O2/c1-2-3-17(22)20-14-7-4-12(5-8-14)10-18-21-15-11-13(19)6-9-16(15)23-18/h4-9,11H,2-3,10H2,1H3,(H,20,22). The largest absolute Gasteiger partial charge is 0.440 e. The fourth-order valence-electron chi connectivity index (χ4n) is 2.36. The highest BCUT2D eigenvalue weighted by Gasteiger charge is 2.07. The average molecular weight is 329 g/mol. The van der Waals surface area contributed by atoms with Crippen LogP contribution in [0, 0.1) is 0 Å². The number of halogens is 1. The third kappa shape index (κ3) is 3.90. The zero-order chi connectivity index (χ0) is 16.2. The quantitative estimate of drug-likeness (QED) is 0.731. The minimum atomic E-state index is 0.0380. The van der Waals surface area contributed by atoms with Crippen molar-refractivity contribution in [1.29, 1.82) is 0 Å². The fraction of sp³-hybridized carbons (Fsp3) is 0.222. The first kappa shape index (κ1) is 15.6. The van der Waals surface area contributed by atoms with Crippen molar-refractivity contribution < 1.29 is 9.21 Å². The van der Waals surface area contributed by atoms with Crippen LogP contribution in [0.15, 0.2) is 46.9 Å². The first-order chi connectivity index (χ1) is 11.1. The van der Waals surface area contributed by atoms with Crippen LogP contribution in [-0.2, 0) is 11.2 Å². The number of oxazole rings is 1. The zero-order valence-electron chi connectivity index (χ0n) is 12.8. The van der Waals surface area contributed by atoms with E-state index in [2.05, 4.69) is 10.3 Å². The monoisotopic (exact) mass is 328 g/mol. The minimum absolute atomic E-state index is 0.0380. The van der Waals surface area contributed by atoms with E-state index in [1.807, 2.05) is 37.3 Å². The number of nitrogens with zero attached hydrogens (tertiary/aromatic N) is 1. The van der Waals surface area contributed by atoms with Crippen molar-refractivity contribution in [2.24, 2.45) is 0 Å². The topological polar surface area (TPSA) is 55.1 Å². The van der Waals surface area contributed by atoms with E-state index >= 15 is 0 Å². The number of hydrogen-bond acceptors (Lipinski definition) is 3. The molecule has 4 nitrogen and oxygen atoms in total. The van der Waals surface area contributed by atoms with E-state index in [4.69, 9.17) is 16.0 Å². The summed E-state index contributed by atoms with van der Waals surface area (Å²) in [6, 6.07) is 13.1. The molecule has 0 bridgehead atoms. The summed E-state index contributed by atoms with van der Waals surface area (Å²) >= 11 is 5.95. The van der Waals surface area contributed by atoms with Crippen LogP contribution in [0.4, 0.5) is 5.69 Å². The molecule has 2 aromatic carbocycles. The number of carbonyl (C=O) groups is 1. The van der Waals surface area contributed by atoms with Gasteiger partial charge in [0.25, 0.3) is 0 Å². The summed E-state index contributed by atoms with van der Waals surface area (Å²) in [6.45, 7) is 1.98. The number of nitrogens with one attached hydrogen (secondary N) is 1. The highest BCUT2D eigenvalue weighted by atomic mass is 35.5. The fourth-order valence-corrected chi connectivity index (χ4v) is 2.52.